The van der Waals surface area contributed by atoms with E-state index in [2.05, 4.69) is 0 Å². The number of carbonyl (C=O) groups excluding carboxylic acids is 1. The summed E-state index contributed by atoms with van der Waals surface area (Å²) in [6.07, 6.45) is 1.62. The summed E-state index contributed by atoms with van der Waals surface area (Å²) in [5, 5.41) is 0. The lowest BCUT2D eigenvalue weighted by atomic mass is 10.1. The fraction of sp³-hybridized carbons (Fsp3) is 0.211. The molecule has 0 aromatic heterocycles. The molecule has 25 heavy (non-hydrogen) atoms. The Bertz CT molecular complexity index is 853. The van der Waals surface area contributed by atoms with Crippen LogP contribution in [0.15, 0.2) is 36.1 Å². The van der Waals surface area contributed by atoms with Gasteiger partial charge < -0.3 is 23.7 Å². The number of ether oxygens (including phenoxy) is 5. The molecule has 0 aliphatic carbocycles. The largest absolute Gasteiger partial charge is 0.497 e. The summed E-state index contributed by atoms with van der Waals surface area (Å²) in [5.41, 5.74) is 1.13. The van der Waals surface area contributed by atoms with Gasteiger partial charge in [0.25, 0.3) is 0 Å². The molecule has 0 unspecified atom stereocenters. The molecule has 2 aromatic rings. The summed E-state index contributed by atoms with van der Waals surface area (Å²) < 4.78 is 26.8. The third-order valence-corrected chi connectivity index (χ3v) is 3.90. The van der Waals surface area contributed by atoms with E-state index in [9.17, 15) is 4.79 Å². The number of benzene rings is 2. The maximum Gasteiger partial charge on any atom is 0.231 e. The zero-order valence-electron chi connectivity index (χ0n) is 14.4. The first-order valence-electron chi connectivity index (χ1n) is 7.53. The number of ketones is 1. The van der Waals surface area contributed by atoms with E-state index >= 15 is 0 Å². The minimum Gasteiger partial charge on any atom is -0.497 e. The van der Waals surface area contributed by atoms with Crippen molar-refractivity contribution in [2.45, 2.75) is 0 Å². The molecule has 6 heteroatoms. The molecule has 0 radical (unpaired) electrons. The molecule has 0 fully saturated rings. The molecule has 0 spiro atoms. The molecule has 2 aromatic carbocycles. The quantitative estimate of drug-likeness (QED) is 0.777. The monoisotopic (exact) mass is 342 g/mol. The van der Waals surface area contributed by atoms with E-state index in [0.29, 0.717) is 39.9 Å². The average Bonchev–Trinajstić information content (AvgIpc) is 2.96. The first-order valence-corrected chi connectivity index (χ1v) is 7.53. The molecule has 130 valence electrons. The Balaban J connectivity index is 2.03. The zero-order chi connectivity index (χ0) is 18.0. The highest BCUT2D eigenvalue weighted by atomic mass is 16.5. The molecule has 1 aliphatic heterocycles. The lowest BCUT2D eigenvalue weighted by Gasteiger charge is -2.12. The van der Waals surface area contributed by atoms with Crippen LogP contribution in [0.5, 0.6) is 28.7 Å². The topological polar surface area (TPSA) is 63.2 Å². The van der Waals surface area contributed by atoms with Crippen LogP contribution in [0.2, 0.25) is 0 Å². The Kier molecular flexibility index (Phi) is 4.52. The molecule has 1 aliphatic rings. The van der Waals surface area contributed by atoms with Gasteiger partial charge in [0.15, 0.2) is 17.3 Å². The van der Waals surface area contributed by atoms with Gasteiger partial charge in [-0.15, -0.1) is 0 Å². The SMILES string of the molecule is COc1ccc2c(c1)OC(=Cc1cc(OC)c(OC)cc1OC)C2=O. The van der Waals surface area contributed by atoms with Crippen molar-refractivity contribution in [3.63, 3.8) is 0 Å². The molecular formula is C19H18O6. The highest BCUT2D eigenvalue weighted by Gasteiger charge is 2.28. The van der Waals surface area contributed by atoms with Crippen LogP contribution in [0.1, 0.15) is 15.9 Å². The van der Waals surface area contributed by atoms with Crippen molar-refractivity contribution in [1.82, 2.24) is 0 Å². The van der Waals surface area contributed by atoms with E-state index in [-0.39, 0.29) is 11.5 Å². The van der Waals surface area contributed by atoms with Crippen molar-refractivity contribution in [1.29, 1.82) is 0 Å². The van der Waals surface area contributed by atoms with Crippen LogP contribution in [0.3, 0.4) is 0 Å². The summed E-state index contributed by atoms with van der Waals surface area (Å²) >= 11 is 0. The fourth-order valence-corrected chi connectivity index (χ4v) is 2.60. The number of hydrogen-bond acceptors (Lipinski definition) is 6. The van der Waals surface area contributed by atoms with Crippen molar-refractivity contribution in [3.05, 3.63) is 47.2 Å². The van der Waals surface area contributed by atoms with Gasteiger partial charge in [-0.2, -0.15) is 0 Å². The Labute approximate surface area is 145 Å². The second-order valence-electron chi connectivity index (χ2n) is 5.25. The molecule has 0 bridgehead atoms. The van der Waals surface area contributed by atoms with E-state index < -0.39 is 0 Å². The van der Waals surface area contributed by atoms with E-state index in [0.717, 1.165) is 0 Å². The first kappa shape index (κ1) is 16.7. The zero-order valence-corrected chi connectivity index (χ0v) is 14.4. The predicted molar refractivity (Wildman–Crippen MR) is 92.0 cm³/mol. The number of hydrogen-bond donors (Lipinski definition) is 0. The molecule has 0 saturated carbocycles. The summed E-state index contributed by atoms with van der Waals surface area (Å²) in [5.74, 6) is 2.69. The Morgan fingerprint density at radius 2 is 1.52 bits per heavy atom. The van der Waals surface area contributed by atoms with E-state index in [1.54, 1.807) is 64.8 Å². The van der Waals surface area contributed by atoms with Crippen molar-refractivity contribution >= 4 is 11.9 Å². The number of carbonyl (C=O) groups is 1. The predicted octanol–water partition coefficient (Wildman–Crippen LogP) is 3.34. The summed E-state index contributed by atoms with van der Waals surface area (Å²) in [7, 11) is 6.19. The summed E-state index contributed by atoms with van der Waals surface area (Å²) in [6.45, 7) is 0. The van der Waals surface area contributed by atoms with Gasteiger partial charge in [-0.05, 0) is 24.3 Å². The maximum absolute atomic E-state index is 12.5. The Morgan fingerprint density at radius 3 is 2.16 bits per heavy atom. The van der Waals surface area contributed by atoms with Crippen molar-refractivity contribution in [2.75, 3.05) is 28.4 Å². The molecule has 3 rings (SSSR count). The van der Waals surface area contributed by atoms with Crippen LogP contribution in [-0.2, 0) is 0 Å². The number of Topliss-reactive ketones (excluding diaryl/α,β-unsaturated/α-hetero) is 1. The number of allylic oxidation sites excluding steroid dienone is 1. The molecule has 6 nitrogen and oxygen atoms in total. The van der Waals surface area contributed by atoms with E-state index in [1.807, 2.05) is 0 Å². The standard InChI is InChI=1S/C19H18O6/c1-21-12-5-6-13-15(9-12)25-18(19(13)20)8-11-7-16(23-3)17(24-4)10-14(11)22-2/h5-10H,1-4H3. The lowest BCUT2D eigenvalue weighted by Crippen LogP contribution is -2.00. The molecule has 1 heterocycles. The van der Waals surface area contributed by atoms with Crippen LogP contribution >= 0.6 is 0 Å². The van der Waals surface area contributed by atoms with Crippen molar-refractivity contribution in [2.24, 2.45) is 0 Å². The van der Waals surface area contributed by atoms with Crippen molar-refractivity contribution < 1.29 is 28.5 Å². The second kappa shape index (κ2) is 6.76. The average molecular weight is 342 g/mol. The number of methoxy groups -OCH3 is 4. The summed E-state index contributed by atoms with van der Waals surface area (Å²) in [6, 6.07) is 8.51. The normalized spacial score (nSPS) is 14.1. The minimum absolute atomic E-state index is 0.200. The van der Waals surface area contributed by atoms with Gasteiger partial charge in [-0.1, -0.05) is 0 Å². The van der Waals surface area contributed by atoms with Crippen LogP contribution in [0.25, 0.3) is 6.08 Å². The van der Waals surface area contributed by atoms with Gasteiger partial charge in [0.1, 0.15) is 17.2 Å². The highest BCUT2D eigenvalue weighted by molar-refractivity contribution is 6.14. The number of rotatable bonds is 5. The molecule has 0 amide bonds. The second-order valence-corrected chi connectivity index (χ2v) is 5.25. The fourth-order valence-electron chi connectivity index (χ4n) is 2.60. The van der Waals surface area contributed by atoms with Crippen molar-refractivity contribution in [3.8, 4) is 28.7 Å². The summed E-state index contributed by atoms with van der Waals surface area (Å²) in [4.78, 5) is 12.5. The van der Waals surface area contributed by atoms with E-state index in [4.69, 9.17) is 23.7 Å². The van der Waals surface area contributed by atoms with Crippen LogP contribution in [-0.4, -0.2) is 34.2 Å². The van der Waals surface area contributed by atoms with Crippen LogP contribution in [0, 0.1) is 0 Å². The highest BCUT2D eigenvalue weighted by Crippen LogP contribution is 2.38. The van der Waals surface area contributed by atoms with Gasteiger partial charge in [0, 0.05) is 17.7 Å². The smallest absolute Gasteiger partial charge is 0.231 e. The lowest BCUT2D eigenvalue weighted by molar-refractivity contribution is 0.101. The van der Waals surface area contributed by atoms with Gasteiger partial charge in [0.2, 0.25) is 5.78 Å². The van der Waals surface area contributed by atoms with Gasteiger partial charge >= 0.3 is 0 Å². The Morgan fingerprint density at radius 1 is 0.840 bits per heavy atom. The van der Waals surface area contributed by atoms with Gasteiger partial charge in [0.05, 0.1) is 34.0 Å². The van der Waals surface area contributed by atoms with Crippen LogP contribution < -0.4 is 23.7 Å². The maximum atomic E-state index is 12.5. The Hall–Kier alpha value is -3.15. The van der Waals surface area contributed by atoms with Crippen LogP contribution in [0.4, 0.5) is 0 Å². The van der Waals surface area contributed by atoms with Gasteiger partial charge in [-0.3, -0.25) is 4.79 Å². The third kappa shape index (κ3) is 2.98. The first-order chi connectivity index (χ1) is 12.1. The molecule has 0 saturated heterocycles. The minimum atomic E-state index is -0.200. The molecule has 0 N–H and O–H groups in total. The third-order valence-electron chi connectivity index (χ3n) is 3.90. The molecule has 0 atom stereocenters. The van der Waals surface area contributed by atoms with E-state index in [1.165, 1.54) is 0 Å². The molecular weight excluding hydrogens is 324 g/mol. The number of fused-ring (bicyclic) bond motifs is 1. The van der Waals surface area contributed by atoms with Gasteiger partial charge in [-0.25, -0.2) is 0 Å².